The van der Waals surface area contributed by atoms with Crippen molar-refractivity contribution in [2.24, 2.45) is 0 Å². The number of amides is 1. The van der Waals surface area contributed by atoms with Crippen LogP contribution < -0.4 is 0 Å². The van der Waals surface area contributed by atoms with Gasteiger partial charge in [-0.05, 0) is 35.2 Å². The largest absolute Gasteiger partial charge is 0.467 e. The highest BCUT2D eigenvalue weighted by atomic mass is 35.5. The predicted molar refractivity (Wildman–Crippen MR) is 81.5 cm³/mol. The van der Waals surface area contributed by atoms with Crippen molar-refractivity contribution in [2.45, 2.75) is 13.1 Å². The Kier molecular flexibility index (Phi) is 4.33. The smallest absolute Gasteiger partial charge is 0.285 e. The molecule has 0 aliphatic rings. The Bertz CT molecular complexity index is 673. The van der Waals surface area contributed by atoms with Crippen LogP contribution in [0, 0.1) is 0 Å². The number of nitrogens with zero attached hydrogens (tertiary/aromatic N) is 3. The summed E-state index contributed by atoms with van der Waals surface area (Å²) in [7, 11) is 0. The minimum Gasteiger partial charge on any atom is -0.467 e. The van der Waals surface area contributed by atoms with Crippen LogP contribution in [0.3, 0.4) is 0 Å². The van der Waals surface area contributed by atoms with Crippen LogP contribution in [0.25, 0.3) is 0 Å². The van der Waals surface area contributed by atoms with Crippen molar-refractivity contribution in [1.82, 2.24) is 15.1 Å². The van der Waals surface area contributed by atoms with Crippen LogP contribution in [0.15, 0.2) is 40.3 Å². The molecule has 3 heterocycles. The summed E-state index contributed by atoms with van der Waals surface area (Å²) in [6, 6.07) is 7.57. The standard InChI is InChI=1S/C13H10ClN3O2S2/c14-13-16-15-11(21-13)12(18)17(7-9-3-1-5-19-9)8-10-4-2-6-20-10/h1-6H,7-8H2. The van der Waals surface area contributed by atoms with Gasteiger partial charge in [0, 0.05) is 4.88 Å². The van der Waals surface area contributed by atoms with Crippen molar-refractivity contribution >= 4 is 40.2 Å². The zero-order valence-electron chi connectivity index (χ0n) is 10.7. The molecule has 0 radical (unpaired) electrons. The van der Waals surface area contributed by atoms with Crippen molar-refractivity contribution in [2.75, 3.05) is 0 Å². The van der Waals surface area contributed by atoms with Gasteiger partial charge in [-0.3, -0.25) is 4.79 Å². The first-order chi connectivity index (χ1) is 10.2. The second kappa shape index (κ2) is 6.38. The molecule has 3 rings (SSSR count). The fraction of sp³-hybridized carbons (Fsp3) is 0.154. The molecular formula is C13H10ClN3O2S2. The molecule has 0 unspecified atom stereocenters. The maximum Gasteiger partial charge on any atom is 0.285 e. The molecule has 8 heteroatoms. The van der Waals surface area contributed by atoms with E-state index in [1.54, 1.807) is 28.6 Å². The molecule has 0 atom stereocenters. The third kappa shape index (κ3) is 3.49. The van der Waals surface area contributed by atoms with Crippen molar-refractivity contribution in [3.05, 3.63) is 56.0 Å². The molecule has 3 aromatic rings. The summed E-state index contributed by atoms with van der Waals surface area (Å²) < 4.78 is 5.58. The summed E-state index contributed by atoms with van der Waals surface area (Å²) in [5.41, 5.74) is 0. The Morgan fingerprint density at radius 1 is 1.29 bits per heavy atom. The van der Waals surface area contributed by atoms with Crippen LogP contribution >= 0.6 is 34.3 Å². The van der Waals surface area contributed by atoms with Gasteiger partial charge in [0.05, 0.1) is 19.4 Å². The molecule has 0 saturated carbocycles. The Balaban J connectivity index is 1.82. The minimum absolute atomic E-state index is 0.204. The fourth-order valence-electron chi connectivity index (χ4n) is 1.81. The van der Waals surface area contributed by atoms with Gasteiger partial charge < -0.3 is 9.32 Å². The average Bonchev–Trinajstić information content (AvgIpc) is 3.19. The third-order valence-electron chi connectivity index (χ3n) is 2.72. The second-order valence-electron chi connectivity index (χ2n) is 4.18. The highest BCUT2D eigenvalue weighted by molar-refractivity contribution is 7.17. The fourth-order valence-corrected chi connectivity index (χ4v) is 3.32. The van der Waals surface area contributed by atoms with Gasteiger partial charge in [-0.15, -0.1) is 21.5 Å². The lowest BCUT2D eigenvalue weighted by atomic mass is 10.3. The Morgan fingerprint density at radius 2 is 2.19 bits per heavy atom. The first kappa shape index (κ1) is 14.2. The van der Waals surface area contributed by atoms with Gasteiger partial charge in [-0.2, -0.15) is 0 Å². The third-order valence-corrected chi connectivity index (χ3v) is 4.59. The van der Waals surface area contributed by atoms with Crippen LogP contribution in [0.2, 0.25) is 4.47 Å². The molecule has 0 bridgehead atoms. The first-order valence-corrected chi connectivity index (χ1v) is 8.13. The highest BCUT2D eigenvalue weighted by Gasteiger charge is 2.21. The molecule has 3 aromatic heterocycles. The molecular weight excluding hydrogens is 330 g/mol. The van der Waals surface area contributed by atoms with Gasteiger partial charge in [0.15, 0.2) is 0 Å². The number of rotatable bonds is 5. The van der Waals surface area contributed by atoms with E-state index in [1.165, 1.54) is 0 Å². The maximum atomic E-state index is 12.5. The normalized spacial score (nSPS) is 10.7. The van der Waals surface area contributed by atoms with Crippen LogP contribution in [0.4, 0.5) is 0 Å². The van der Waals surface area contributed by atoms with Gasteiger partial charge >= 0.3 is 0 Å². The van der Waals surface area contributed by atoms with Crippen molar-refractivity contribution in [1.29, 1.82) is 0 Å². The number of halogens is 1. The zero-order chi connectivity index (χ0) is 14.7. The summed E-state index contributed by atoms with van der Waals surface area (Å²) in [6.45, 7) is 0.870. The van der Waals surface area contributed by atoms with E-state index in [2.05, 4.69) is 10.2 Å². The van der Waals surface area contributed by atoms with E-state index in [0.29, 0.717) is 13.1 Å². The molecule has 0 aliphatic carbocycles. The number of carbonyl (C=O) groups excluding carboxylic acids is 1. The van der Waals surface area contributed by atoms with E-state index >= 15 is 0 Å². The van der Waals surface area contributed by atoms with Gasteiger partial charge in [-0.1, -0.05) is 17.4 Å². The summed E-state index contributed by atoms with van der Waals surface area (Å²) in [4.78, 5) is 15.3. The molecule has 0 aromatic carbocycles. The van der Waals surface area contributed by atoms with Crippen LogP contribution in [-0.4, -0.2) is 21.0 Å². The summed E-state index contributed by atoms with van der Waals surface area (Å²) in [5, 5.41) is 9.75. The summed E-state index contributed by atoms with van der Waals surface area (Å²) >= 11 is 8.43. The molecule has 0 fully saturated rings. The van der Waals surface area contributed by atoms with Crippen molar-refractivity contribution in [3.63, 3.8) is 0 Å². The van der Waals surface area contributed by atoms with E-state index in [-0.39, 0.29) is 15.4 Å². The molecule has 0 aliphatic heterocycles. The van der Waals surface area contributed by atoms with Crippen LogP contribution in [0.5, 0.6) is 0 Å². The van der Waals surface area contributed by atoms with Crippen molar-refractivity contribution in [3.8, 4) is 0 Å². The van der Waals surface area contributed by atoms with E-state index in [1.807, 2.05) is 23.6 Å². The number of thiophene rings is 1. The first-order valence-electron chi connectivity index (χ1n) is 6.05. The van der Waals surface area contributed by atoms with Gasteiger partial charge in [-0.25, -0.2) is 0 Å². The quantitative estimate of drug-likeness (QED) is 0.711. The van der Waals surface area contributed by atoms with Gasteiger partial charge in [0.1, 0.15) is 5.76 Å². The van der Waals surface area contributed by atoms with Crippen LogP contribution in [-0.2, 0) is 13.1 Å². The lowest BCUT2D eigenvalue weighted by Crippen LogP contribution is -2.29. The molecule has 5 nitrogen and oxygen atoms in total. The number of hydrogen-bond donors (Lipinski definition) is 0. The second-order valence-corrected chi connectivity index (χ2v) is 6.77. The molecule has 0 spiro atoms. The Morgan fingerprint density at radius 3 is 2.81 bits per heavy atom. The molecule has 0 saturated heterocycles. The maximum absolute atomic E-state index is 12.5. The summed E-state index contributed by atoms with van der Waals surface area (Å²) in [6.07, 6.45) is 1.59. The number of carbonyl (C=O) groups is 1. The Labute approximate surface area is 133 Å². The molecule has 0 N–H and O–H groups in total. The van der Waals surface area contributed by atoms with Gasteiger partial charge in [0.2, 0.25) is 9.47 Å². The predicted octanol–water partition coefficient (Wildman–Crippen LogP) is 3.69. The zero-order valence-corrected chi connectivity index (χ0v) is 13.1. The van der Waals surface area contributed by atoms with Crippen molar-refractivity contribution < 1.29 is 9.21 Å². The van der Waals surface area contributed by atoms with E-state index in [9.17, 15) is 4.79 Å². The summed E-state index contributed by atoms with van der Waals surface area (Å²) in [5.74, 6) is 0.514. The minimum atomic E-state index is -0.204. The van der Waals surface area contributed by atoms with E-state index in [4.69, 9.17) is 16.0 Å². The number of aromatic nitrogens is 2. The lowest BCUT2D eigenvalue weighted by Gasteiger charge is -2.19. The topological polar surface area (TPSA) is 59.2 Å². The molecule has 21 heavy (non-hydrogen) atoms. The molecule has 1 amide bonds. The highest BCUT2D eigenvalue weighted by Crippen LogP contribution is 2.21. The van der Waals surface area contributed by atoms with E-state index in [0.717, 1.165) is 22.0 Å². The lowest BCUT2D eigenvalue weighted by molar-refractivity contribution is 0.0718. The average molecular weight is 340 g/mol. The van der Waals surface area contributed by atoms with E-state index < -0.39 is 0 Å². The molecule has 108 valence electrons. The Hall–Kier alpha value is -1.70. The monoisotopic (exact) mass is 339 g/mol. The SMILES string of the molecule is O=C(c1nnc(Cl)s1)N(Cc1ccco1)Cc1cccs1. The van der Waals surface area contributed by atoms with Crippen LogP contribution in [0.1, 0.15) is 20.4 Å². The number of furan rings is 1. The van der Waals surface area contributed by atoms with Gasteiger partial charge in [0.25, 0.3) is 5.91 Å². The number of hydrogen-bond acceptors (Lipinski definition) is 6.